The lowest BCUT2D eigenvalue weighted by molar-refractivity contribution is -0.252. The van der Waals surface area contributed by atoms with Crippen molar-refractivity contribution in [3.05, 3.63) is 24.3 Å². The third-order valence-corrected chi connectivity index (χ3v) is 2.32. The van der Waals surface area contributed by atoms with E-state index in [0.29, 0.717) is 0 Å². The summed E-state index contributed by atoms with van der Waals surface area (Å²) >= 11 is 0. The summed E-state index contributed by atoms with van der Waals surface area (Å²) in [5, 5.41) is 52.5. The number of phenolic OH excluding ortho intramolecular Hbond substituents is 2. The highest BCUT2D eigenvalue weighted by atomic mass is 16.6. The fraction of sp³-hybridized carbons (Fsp3) is 0.455. The molecule has 1 aromatic rings. The molecule has 1 saturated heterocycles. The molecule has 6 N–H and O–H groups in total. The summed E-state index contributed by atoms with van der Waals surface area (Å²) < 4.78 is 4.47. The van der Waals surface area contributed by atoms with E-state index in [1.807, 2.05) is 0 Å². The van der Waals surface area contributed by atoms with Crippen LogP contribution in [0.3, 0.4) is 0 Å². The van der Waals surface area contributed by atoms with Crippen LogP contribution in [0.5, 0.6) is 11.5 Å². The SMILES string of the molecule is O[C@H]1[C@H](O)[C@@H](O)OC[C@H]1O.Oc1ccc(O)cc1. The molecule has 1 aromatic carbocycles. The molecule has 7 nitrogen and oxygen atoms in total. The Bertz CT molecular complexity index is 318. The van der Waals surface area contributed by atoms with E-state index in [9.17, 15) is 0 Å². The Kier molecular flexibility index (Phi) is 5.32. The van der Waals surface area contributed by atoms with Crippen molar-refractivity contribution in [3.8, 4) is 11.5 Å². The molecule has 0 aromatic heterocycles. The number of aromatic hydroxyl groups is 2. The van der Waals surface area contributed by atoms with Crippen LogP contribution >= 0.6 is 0 Å². The maximum Gasteiger partial charge on any atom is 0.183 e. The van der Waals surface area contributed by atoms with Crippen molar-refractivity contribution in [3.63, 3.8) is 0 Å². The number of benzene rings is 1. The molecule has 0 aliphatic carbocycles. The third kappa shape index (κ3) is 4.13. The molecule has 0 unspecified atom stereocenters. The zero-order chi connectivity index (χ0) is 13.7. The minimum absolute atomic E-state index is 0.153. The molecule has 1 aliphatic heterocycles. The first kappa shape index (κ1) is 14.7. The second kappa shape index (κ2) is 6.53. The minimum atomic E-state index is -1.41. The molecule has 4 atom stereocenters. The topological polar surface area (TPSA) is 131 Å². The first-order valence-electron chi connectivity index (χ1n) is 5.23. The fourth-order valence-electron chi connectivity index (χ4n) is 1.24. The molecule has 1 heterocycles. The molecule has 0 saturated carbocycles. The van der Waals surface area contributed by atoms with Crippen LogP contribution in [0.1, 0.15) is 0 Å². The Morgan fingerprint density at radius 1 is 0.833 bits per heavy atom. The van der Waals surface area contributed by atoms with Crippen LogP contribution in [0, 0.1) is 0 Å². The van der Waals surface area contributed by atoms with Crippen LogP contribution in [0.25, 0.3) is 0 Å². The van der Waals surface area contributed by atoms with E-state index in [2.05, 4.69) is 4.74 Å². The van der Waals surface area contributed by atoms with Crippen LogP contribution in [-0.2, 0) is 4.74 Å². The van der Waals surface area contributed by atoms with Gasteiger partial charge in [-0.1, -0.05) is 0 Å². The summed E-state index contributed by atoms with van der Waals surface area (Å²) in [6, 6.07) is 5.70. The van der Waals surface area contributed by atoms with Crippen molar-refractivity contribution in [2.45, 2.75) is 24.6 Å². The van der Waals surface area contributed by atoms with Crippen molar-refractivity contribution in [1.29, 1.82) is 0 Å². The van der Waals surface area contributed by atoms with Gasteiger partial charge in [0.25, 0.3) is 0 Å². The van der Waals surface area contributed by atoms with E-state index < -0.39 is 24.6 Å². The highest BCUT2D eigenvalue weighted by Gasteiger charge is 2.36. The lowest BCUT2D eigenvalue weighted by atomic mass is 10.1. The van der Waals surface area contributed by atoms with Crippen molar-refractivity contribution in [1.82, 2.24) is 0 Å². The summed E-state index contributed by atoms with van der Waals surface area (Å²) in [6.45, 7) is -0.153. The number of phenols is 2. The second-order valence-electron chi connectivity index (χ2n) is 3.79. The van der Waals surface area contributed by atoms with Crippen LogP contribution in [-0.4, -0.2) is 61.8 Å². The van der Waals surface area contributed by atoms with Crippen LogP contribution in [0.15, 0.2) is 24.3 Å². The normalized spacial score (nSPS) is 31.3. The Morgan fingerprint density at radius 2 is 1.28 bits per heavy atom. The number of aliphatic hydroxyl groups is 4. The first-order chi connectivity index (χ1) is 8.41. The molecule has 7 heteroatoms. The van der Waals surface area contributed by atoms with Crippen molar-refractivity contribution < 1.29 is 35.4 Å². The summed E-state index contributed by atoms with van der Waals surface area (Å²) in [4.78, 5) is 0. The van der Waals surface area contributed by atoms with Gasteiger partial charge in [0, 0.05) is 0 Å². The first-order valence-corrected chi connectivity index (χ1v) is 5.23. The van der Waals surface area contributed by atoms with Crippen LogP contribution in [0.2, 0.25) is 0 Å². The number of rotatable bonds is 0. The maximum atomic E-state index is 8.88. The van der Waals surface area contributed by atoms with Gasteiger partial charge in [-0.05, 0) is 24.3 Å². The Labute approximate surface area is 103 Å². The van der Waals surface area contributed by atoms with E-state index in [0.717, 1.165) is 0 Å². The van der Waals surface area contributed by atoms with Gasteiger partial charge in [-0.15, -0.1) is 0 Å². The molecule has 1 aliphatic rings. The molecule has 0 amide bonds. The standard InChI is InChI=1S/C6H6O2.C5H10O5/c7-5-1-2-6(8)4-3-5;6-2-1-10-5(9)4(8)3(2)7/h1-4,7-8H;2-9H,1H2/t;2-,3-,4+,5+/m.1/s1. The predicted molar refractivity (Wildman–Crippen MR) is 59.8 cm³/mol. The average Bonchev–Trinajstić information content (AvgIpc) is 2.36. The van der Waals surface area contributed by atoms with Crippen molar-refractivity contribution in [2.75, 3.05) is 6.61 Å². The third-order valence-electron chi connectivity index (χ3n) is 2.32. The predicted octanol–water partition coefficient (Wildman–Crippen LogP) is -1.48. The zero-order valence-corrected chi connectivity index (χ0v) is 9.42. The summed E-state index contributed by atoms with van der Waals surface area (Å²) in [7, 11) is 0. The Balaban J connectivity index is 0.000000184. The molecule has 0 spiro atoms. The lowest BCUT2D eigenvalue weighted by Gasteiger charge is -2.31. The Morgan fingerprint density at radius 3 is 1.67 bits per heavy atom. The molecule has 0 radical (unpaired) electrons. The molecule has 102 valence electrons. The Hall–Kier alpha value is -1.38. The van der Waals surface area contributed by atoms with Gasteiger partial charge in [-0.3, -0.25) is 0 Å². The molecular weight excluding hydrogens is 244 g/mol. The molecule has 0 bridgehead atoms. The molecule has 1 fully saturated rings. The largest absolute Gasteiger partial charge is 0.508 e. The van der Waals surface area contributed by atoms with Gasteiger partial charge < -0.3 is 35.4 Å². The average molecular weight is 260 g/mol. The molecular formula is C11H16O7. The van der Waals surface area contributed by atoms with Gasteiger partial charge >= 0.3 is 0 Å². The maximum absolute atomic E-state index is 8.88. The molecule has 18 heavy (non-hydrogen) atoms. The highest BCUT2D eigenvalue weighted by molar-refractivity contribution is 5.28. The zero-order valence-electron chi connectivity index (χ0n) is 9.42. The number of ether oxygens (including phenoxy) is 1. The van der Waals surface area contributed by atoms with Crippen molar-refractivity contribution >= 4 is 0 Å². The van der Waals surface area contributed by atoms with E-state index >= 15 is 0 Å². The fourth-order valence-corrected chi connectivity index (χ4v) is 1.24. The number of hydrogen-bond acceptors (Lipinski definition) is 7. The van der Waals surface area contributed by atoms with E-state index in [4.69, 9.17) is 30.6 Å². The van der Waals surface area contributed by atoms with Crippen LogP contribution in [0.4, 0.5) is 0 Å². The number of hydrogen-bond donors (Lipinski definition) is 6. The van der Waals surface area contributed by atoms with Crippen molar-refractivity contribution in [2.24, 2.45) is 0 Å². The van der Waals surface area contributed by atoms with Gasteiger partial charge in [0.2, 0.25) is 0 Å². The minimum Gasteiger partial charge on any atom is -0.508 e. The molecule has 2 rings (SSSR count). The highest BCUT2D eigenvalue weighted by Crippen LogP contribution is 2.13. The van der Waals surface area contributed by atoms with Gasteiger partial charge in [0.1, 0.15) is 29.8 Å². The van der Waals surface area contributed by atoms with Gasteiger partial charge in [-0.25, -0.2) is 0 Å². The van der Waals surface area contributed by atoms with Gasteiger partial charge in [0.05, 0.1) is 6.61 Å². The lowest BCUT2D eigenvalue weighted by Crippen LogP contribution is -2.52. The smallest absolute Gasteiger partial charge is 0.183 e. The summed E-state index contributed by atoms with van der Waals surface area (Å²) in [6.07, 6.45) is -5.23. The second-order valence-corrected chi connectivity index (χ2v) is 3.79. The number of aliphatic hydroxyl groups excluding tert-OH is 4. The van der Waals surface area contributed by atoms with E-state index in [1.165, 1.54) is 24.3 Å². The van der Waals surface area contributed by atoms with Crippen LogP contribution < -0.4 is 0 Å². The van der Waals surface area contributed by atoms with Gasteiger partial charge in [0.15, 0.2) is 6.29 Å². The van der Waals surface area contributed by atoms with E-state index in [1.54, 1.807) is 0 Å². The monoisotopic (exact) mass is 260 g/mol. The van der Waals surface area contributed by atoms with Gasteiger partial charge in [-0.2, -0.15) is 0 Å². The summed E-state index contributed by atoms with van der Waals surface area (Å²) in [5.41, 5.74) is 0. The van der Waals surface area contributed by atoms with E-state index in [-0.39, 0.29) is 18.1 Å². The quantitative estimate of drug-likeness (QED) is 0.313. The summed E-state index contributed by atoms with van der Waals surface area (Å²) in [5.74, 6) is 0.339.